The predicted molar refractivity (Wildman–Crippen MR) is 52.1 cm³/mol. The Bertz CT molecular complexity index is 475. The van der Waals surface area contributed by atoms with Crippen LogP contribution in [-0.2, 0) is 0 Å². The van der Waals surface area contributed by atoms with E-state index in [1.165, 1.54) is 0 Å². The Kier molecular flexibility index (Phi) is 2.93. The molecule has 1 fully saturated rings. The number of benzene rings is 1. The van der Waals surface area contributed by atoms with Crippen molar-refractivity contribution < 1.29 is 23.1 Å². The van der Waals surface area contributed by atoms with Gasteiger partial charge in [0.25, 0.3) is 5.91 Å². The van der Waals surface area contributed by atoms with Crippen LogP contribution >= 0.6 is 0 Å². The summed E-state index contributed by atoms with van der Waals surface area (Å²) in [6.07, 6.45) is 0. The number of phenolic OH excluding ortho intramolecular Hbond substituents is 1. The van der Waals surface area contributed by atoms with Crippen molar-refractivity contribution in [2.45, 2.75) is 6.04 Å². The van der Waals surface area contributed by atoms with E-state index < -0.39 is 34.7 Å². The monoisotopic (exact) mass is 246 g/mol. The van der Waals surface area contributed by atoms with E-state index in [1.807, 2.05) is 0 Å². The molecular formula is C10H9F3N2O2. The van der Waals surface area contributed by atoms with Gasteiger partial charge in [0.1, 0.15) is 0 Å². The van der Waals surface area contributed by atoms with Gasteiger partial charge in [-0.3, -0.25) is 4.79 Å². The van der Waals surface area contributed by atoms with Crippen LogP contribution in [0.4, 0.5) is 13.2 Å². The van der Waals surface area contributed by atoms with Crippen molar-refractivity contribution in [2.24, 2.45) is 0 Å². The van der Waals surface area contributed by atoms with Gasteiger partial charge in [-0.05, 0) is 6.07 Å². The molecule has 0 unspecified atom stereocenters. The van der Waals surface area contributed by atoms with Crippen molar-refractivity contribution in [2.75, 3.05) is 13.1 Å². The highest BCUT2D eigenvalue weighted by Gasteiger charge is 2.25. The molecule has 92 valence electrons. The highest BCUT2D eigenvalue weighted by Crippen LogP contribution is 2.25. The quantitative estimate of drug-likeness (QED) is 0.666. The molecule has 2 rings (SSSR count). The molecule has 4 nitrogen and oxygen atoms in total. The van der Waals surface area contributed by atoms with Crippen LogP contribution in [-0.4, -0.2) is 30.1 Å². The first-order valence-corrected chi connectivity index (χ1v) is 4.88. The molecule has 0 bridgehead atoms. The third-order valence-corrected chi connectivity index (χ3v) is 2.49. The molecular weight excluding hydrogens is 237 g/mol. The number of aromatic hydroxyl groups is 1. The summed E-state index contributed by atoms with van der Waals surface area (Å²) in [4.78, 5) is 11.5. The van der Waals surface area contributed by atoms with Crippen LogP contribution in [0.2, 0.25) is 0 Å². The Labute approximate surface area is 94.4 Å². The number of hydrogen-bond donors (Lipinski definition) is 3. The van der Waals surface area contributed by atoms with Gasteiger partial charge in [-0.15, -0.1) is 0 Å². The minimum absolute atomic E-state index is 0.169. The number of nitrogens with one attached hydrogen (secondary N) is 2. The molecule has 1 aliphatic heterocycles. The van der Waals surface area contributed by atoms with Gasteiger partial charge in [0, 0.05) is 13.1 Å². The fraction of sp³-hybridized carbons (Fsp3) is 0.300. The number of rotatable bonds is 2. The minimum atomic E-state index is -1.70. The van der Waals surface area contributed by atoms with E-state index in [4.69, 9.17) is 5.11 Å². The molecule has 0 radical (unpaired) electrons. The Morgan fingerprint density at radius 3 is 2.53 bits per heavy atom. The normalized spacial score (nSPS) is 15.5. The minimum Gasteiger partial charge on any atom is -0.503 e. The third-order valence-electron chi connectivity index (χ3n) is 2.49. The number of carbonyl (C=O) groups excluding carboxylic acids is 1. The standard InChI is InChI=1S/C10H9F3N2O2/c11-6-1-5(7(12)9(16)8(6)13)10(17)15-4-2-14-3-4/h1,4,14,16H,2-3H2,(H,15,17). The SMILES string of the molecule is O=C(NC1CNC1)c1cc(F)c(F)c(O)c1F. The summed E-state index contributed by atoms with van der Waals surface area (Å²) in [7, 11) is 0. The highest BCUT2D eigenvalue weighted by molar-refractivity contribution is 5.95. The lowest BCUT2D eigenvalue weighted by molar-refractivity contribution is 0.0918. The van der Waals surface area contributed by atoms with E-state index in [9.17, 15) is 18.0 Å². The van der Waals surface area contributed by atoms with Gasteiger partial charge in [0.15, 0.2) is 17.4 Å². The Balaban J connectivity index is 2.28. The van der Waals surface area contributed by atoms with E-state index in [2.05, 4.69) is 10.6 Å². The van der Waals surface area contributed by atoms with Crippen molar-refractivity contribution in [3.8, 4) is 5.75 Å². The summed E-state index contributed by atoms with van der Waals surface area (Å²) in [5.41, 5.74) is -0.715. The van der Waals surface area contributed by atoms with Gasteiger partial charge in [0.05, 0.1) is 11.6 Å². The first kappa shape index (κ1) is 11.7. The molecule has 0 spiro atoms. The maximum Gasteiger partial charge on any atom is 0.254 e. The first-order valence-electron chi connectivity index (χ1n) is 4.88. The summed E-state index contributed by atoms with van der Waals surface area (Å²) >= 11 is 0. The van der Waals surface area contributed by atoms with Crippen LogP contribution in [0.25, 0.3) is 0 Å². The Morgan fingerprint density at radius 2 is 2.00 bits per heavy atom. The smallest absolute Gasteiger partial charge is 0.254 e. The lowest BCUT2D eigenvalue weighted by atomic mass is 10.1. The summed E-state index contributed by atoms with van der Waals surface area (Å²) < 4.78 is 39.0. The van der Waals surface area contributed by atoms with Crippen LogP contribution in [0.5, 0.6) is 5.75 Å². The lowest BCUT2D eigenvalue weighted by Gasteiger charge is -2.28. The van der Waals surface area contributed by atoms with Crippen LogP contribution in [0.3, 0.4) is 0 Å². The molecule has 17 heavy (non-hydrogen) atoms. The summed E-state index contributed by atoms with van der Waals surface area (Å²) in [6.45, 7) is 1.06. The van der Waals surface area contributed by atoms with E-state index in [0.717, 1.165) is 0 Å². The molecule has 1 saturated heterocycles. The van der Waals surface area contributed by atoms with E-state index in [-0.39, 0.29) is 6.04 Å². The van der Waals surface area contributed by atoms with Crippen molar-refractivity contribution in [1.82, 2.24) is 10.6 Å². The molecule has 1 aliphatic rings. The largest absolute Gasteiger partial charge is 0.503 e. The molecule has 0 saturated carbocycles. The van der Waals surface area contributed by atoms with Crippen LogP contribution in [0.15, 0.2) is 6.07 Å². The summed E-state index contributed by atoms with van der Waals surface area (Å²) in [5, 5.41) is 14.2. The van der Waals surface area contributed by atoms with Gasteiger partial charge in [-0.1, -0.05) is 0 Å². The van der Waals surface area contributed by atoms with Crippen LogP contribution in [0.1, 0.15) is 10.4 Å². The van der Waals surface area contributed by atoms with Crippen molar-refractivity contribution >= 4 is 5.91 Å². The number of phenols is 1. The van der Waals surface area contributed by atoms with E-state index in [1.54, 1.807) is 0 Å². The van der Waals surface area contributed by atoms with Gasteiger partial charge in [0.2, 0.25) is 5.82 Å². The second-order valence-electron chi connectivity index (χ2n) is 3.71. The van der Waals surface area contributed by atoms with Crippen molar-refractivity contribution in [3.63, 3.8) is 0 Å². The van der Waals surface area contributed by atoms with Crippen LogP contribution in [0, 0.1) is 17.5 Å². The molecule has 1 aromatic rings. The van der Waals surface area contributed by atoms with Gasteiger partial charge in [-0.25, -0.2) is 8.78 Å². The third kappa shape index (κ3) is 2.05. The van der Waals surface area contributed by atoms with Crippen molar-refractivity contribution in [3.05, 3.63) is 29.1 Å². The zero-order valence-corrected chi connectivity index (χ0v) is 8.56. The number of hydrogen-bond acceptors (Lipinski definition) is 3. The molecule has 3 N–H and O–H groups in total. The molecule has 1 amide bonds. The van der Waals surface area contributed by atoms with Crippen molar-refractivity contribution in [1.29, 1.82) is 0 Å². The van der Waals surface area contributed by atoms with Gasteiger partial charge in [-0.2, -0.15) is 4.39 Å². The zero-order valence-electron chi connectivity index (χ0n) is 8.56. The fourth-order valence-electron chi connectivity index (χ4n) is 1.41. The molecule has 0 aliphatic carbocycles. The second kappa shape index (κ2) is 4.25. The van der Waals surface area contributed by atoms with E-state index >= 15 is 0 Å². The number of carbonyl (C=O) groups is 1. The summed E-state index contributed by atoms with van der Waals surface area (Å²) in [6, 6.07) is 0.253. The average molecular weight is 246 g/mol. The number of halogens is 3. The summed E-state index contributed by atoms with van der Waals surface area (Å²) in [5.74, 6) is -7.01. The van der Waals surface area contributed by atoms with Crippen LogP contribution < -0.4 is 10.6 Å². The topological polar surface area (TPSA) is 61.4 Å². The zero-order chi connectivity index (χ0) is 12.6. The predicted octanol–water partition coefficient (Wildman–Crippen LogP) is 0.511. The van der Waals surface area contributed by atoms with Gasteiger partial charge < -0.3 is 15.7 Å². The lowest BCUT2D eigenvalue weighted by Crippen LogP contribution is -2.57. The second-order valence-corrected chi connectivity index (χ2v) is 3.71. The Hall–Kier alpha value is -1.76. The number of amides is 1. The fourth-order valence-corrected chi connectivity index (χ4v) is 1.41. The first-order chi connectivity index (χ1) is 8.00. The molecule has 0 aromatic heterocycles. The maximum atomic E-state index is 13.3. The van der Waals surface area contributed by atoms with E-state index in [0.29, 0.717) is 19.2 Å². The highest BCUT2D eigenvalue weighted by atomic mass is 19.2. The molecule has 1 heterocycles. The van der Waals surface area contributed by atoms with Gasteiger partial charge >= 0.3 is 0 Å². The molecule has 7 heteroatoms. The molecule has 0 atom stereocenters. The maximum absolute atomic E-state index is 13.3. The Morgan fingerprint density at radius 1 is 1.35 bits per heavy atom. The average Bonchev–Trinajstić information content (AvgIpc) is 2.25. The molecule has 1 aromatic carbocycles.